The highest BCUT2D eigenvalue weighted by molar-refractivity contribution is 5.98. The number of rotatable bonds is 1. The Balaban J connectivity index is 2.76. The number of hydrogen-bond acceptors (Lipinski definition) is 3. The van der Waals surface area contributed by atoms with Gasteiger partial charge < -0.3 is 0 Å². The van der Waals surface area contributed by atoms with Gasteiger partial charge in [-0.15, -0.1) is 0 Å². The first kappa shape index (κ1) is 8.87. The molecule has 0 saturated heterocycles. The van der Waals surface area contributed by atoms with Crippen molar-refractivity contribution in [1.29, 1.82) is 0 Å². The van der Waals surface area contributed by atoms with Crippen LogP contribution in [0.15, 0.2) is 12.1 Å². The maximum atomic E-state index is 11.3. The monoisotopic (exact) mass is 189 g/mol. The van der Waals surface area contributed by atoms with Crippen LogP contribution in [0.3, 0.4) is 0 Å². The second-order valence-electron chi connectivity index (χ2n) is 3.40. The minimum absolute atomic E-state index is 0.0649. The van der Waals surface area contributed by atoms with Gasteiger partial charge in [-0.1, -0.05) is 0 Å². The van der Waals surface area contributed by atoms with E-state index in [1.165, 1.54) is 4.80 Å². The van der Waals surface area contributed by atoms with E-state index >= 15 is 0 Å². The third-order valence-corrected chi connectivity index (χ3v) is 2.21. The number of aromatic nitrogens is 3. The minimum atomic E-state index is 0.0649. The van der Waals surface area contributed by atoms with Crippen molar-refractivity contribution in [3.05, 3.63) is 23.3 Å². The quantitative estimate of drug-likeness (QED) is 0.638. The Labute approximate surface area is 81.5 Å². The van der Waals surface area contributed by atoms with Crippen LogP contribution in [0.2, 0.25) is 0 Å². The molecule has 14 heavy (non-hydrogen) atoms. The number of aryl methyl sites for hydroxylation is 2. The first-order chi connectivity index (χ1) is 6.58. The smallest absolute Gasteiger partial charge is 0.160 e. The molecule has 2 rings (SSSR count). The fourth-order valence-corrected chi connectivity index (χ4v) is 1.55. The zero-order valence-electron chi connectivity index (χ0n) is 8.40. The van der Waals surface area contributed by atoms with Crippen molar-refractivity contribution in [1.82, 2.24) is 15.0 Å². The Hall–Kier alpha value is -1.71. The van der Waals surface area contributed by atoms with Crippen LogP contribution in [-0.2, 0) is 7.05 Å². The number of fused-ring (bicyclic) bond motifs is 1. The molecule has 1 heterocycles. The second-order valence-corrected chi connectivity index (χ2v) is 3.40. The van der Waals surface area contributed by atoms with Crippen molar-refractivity contribution < 1.29 is 4.79 Å². The van der Waals surface area contributed by atoms with Gasteiger partial charge in [0.15, 0.2) is 5.78 Å². The fraction of sp³-hybridized carbons (Fsp3) is 0.300. The lowest BCUT2D eigenvalue weighted by atomic mass is 10.0. The van der Waals surface area contributed by atoms with Crippen LogP contribution >= 0.6 is 0 Å². The number of benzene rings is 1. The van der Waals surface area contributed by atoms with Crippen molar-refractivity contribution >= 4 is 16.8 Å². The minimum Gasteiger partial charge on any atom is -0.294 e. The van der Waals surface area contributed by atoms with Gasteiger partial charge in [0.25, 0.3) is 0 Å². The summed E-state index contributed by atoms with van der Waals surface area (Å²) in [6.07, 6.45) is 0. The van der Waals surface area contributed by atoms with Crippen molar-refractivity contribution in [3.8, 4) is 0 Å². The average Bonchev–Trinajstić information content (AvgIpc) is 2.42. The van der Waals surface area contributed by atoms with Gasteiger partial charge in [-0.05, 0) is 31.5 Å². The Morgan fingerprint density at radius 3 is 2.43 bits per heavy atom. The highest BCUT2D eigenvalue weighted by Crippen LogP contribution is 2.16. The molecule has 1 aromatic carbocycles. The first-order valence-corrected chi connectivity index (χ1v) is 4.40. The van der Waals surface area contributed by atoms with E-state index in [1.54, 1.807) is 20.0 Å². The van der Waals surface area contributed by atoms with Crippen molar-refractivity contribution in [2.24, 2.45) is 7.05 Å². The molecule has 0 aliphatic heterocycles. The number of Topliss-reactive ketones (excluding diaryl/α,β-unsaturated/α-hetero) is 1. The molecule has 2 aromatic rings. The highest BCUT2D eigenvalue weighted by atomic mass is 16.1. The van der Waals surface area contributed by atoms with E-state index in [-0.39, 0.29) is 5.78 Å². The zero-order valence-corrected chi connectivity index (χ0v) is 8.40. The summed E-state index contributed by atoms with van der Waals surface area (Å²) in [5.74, 6) is 0.0649. The molecule has 0 bridgehead atoms. The molecule has 0 spiro atoms. The third kappa shape index (κ3) is 1.28. The lowest BCUT2D eigenvalue weighted by Gasteiger charge is -1.99. The molecule has 1 aromatic heterocycles. The van der Waals surface area contributed by atoms with E-state index in [9.17, 15) is 4.79 Å². The SMILES string of the molecule is CC(=O)c1cc2nn(C)nc2cc1C. The Morgan fingerprint density at radius 2 is 1.86 bits per heavy atom. The van der Waals surface area contributed by atoms with Gasteiger partial charge in [-0.3, -0.25) is 4.79 Å². The van der Waals surface area contributed by atoms with E-state index < -0.39 is 0 Å². The maximum absolute atomic E-state index is 11.3. The molecule has 0 fully saturated rings. The Kier molecular flexibility index (Phi) is 1.84. The highest BCUT2D eigenvalue weighted by Gasteiger charge is 2.08. The number of carbonyl (C=O) groups excluding carboxylic acids is 1. The third-order valence-electron chi connectivity index (χ3n) is 2.21. The van der Waals surface area contributed by atoms with Crippen LogP contribution in [0, 0.1) is 6.92 Å². The maximum Gasteiger partial charge on any atom is 0.160 e. The second kappa shape index (κ2) is 2.90. The molecule has 0 amide bonds. The summed E-state index contributed by atoms with van der Waals surface area (Å²) < 4.78 is 0. The predicted octanol–water partition coefficient (Wildman–Crippen LogP) is 1.48. The normalized spacial score (nSPS) is 10.8. The molecule has 0 N–H and O–H groups in total. The molecule has 0 atom stereocenters. The van der Waals surface area contributed by atoms with E-state index in [0.717, 1.165) is 22.2 Å². The fourth-order valence-electron chi connectivity index (χ4n) is 1.55. The molecular formula is C10H11N3O. The van der Waals surface area contributed by atoms with Gasteiger partial charge in [0.05, 0.1) is 0 Å². The topological polar surface area (TPSA) is 47.8 Å². The molecule has 0 aliphatic rings. The molecule has 0 aliphatic carbocycles. The molecule has 4 nitrogen and oxygen atoms in total. The summed E-state index contributed by atoms with van der Waals surface area (Å²) in [6.45, 7) is 3.47. The summed E-state index contributed by atoms with van der Waals surface area (Å²) in [6, 6.07) is 3.68. The van der Waals surface area contributed by atoms with E-state index in [0.29, 0.717) is 0 Å². The zero-order chi connectivity index (χ0) is 10.3. The molecule has 72 valence electrons. The van der Waals surface area contributed by atoms with Crippen molar-refractivity contribution in [3.63, 3.8) is 0 Å². The Bertz CT molecular complexity index is 513. The van der Waals surface area contributed by atoms with Crippen LogP contribution in [0.1, 0.15) is 22.8 Å². The first-order valence-electron chi connectivity index (χ1n) is 4.40. The van der Waals surface area contributed by atoms with Crippen LogP contribution in [0.5, 0.6) is 0 Å². The lowest BCUT2D eigenvalue weighted by molar-refractivity contribution is 0.101. The standard InChI is InChI=1S/C10H11N3O/c1-6-4-9-10(12-13(3)11-9)5-8(6)7(2)14/h4-5H,1-3H3. The van der Waals surface area contributed by atoms with Crippen molar-refractivity contribution in [2.45, 2.75) is 13.8 Å². The number of hydrogen-bond donors (Lipinski definition) is 0. The summed E-state index contributed by atoms with van der Waals surface area (Å²) in [5.41, 5.74) is 3.27. The lowest BCUT2D eigenvalue weighted by Crippen LogP contribution is -1.95. The molecular weight excluding hydrogens is 178 g/mol. The van der Waals surface area contributed by atoms with E-state index in [1.807, 2.05) is 13.0 Å². The largest absolute Gasteiger partial charge is 0.294 e. The Morgan fingerprint density at radius 1 is 1.29 bits per heavy atom. The molecule has 0 saturated carbocycles. The molecule has 0 radical (unpaired) electrons. The molecule has 4 heteroatoms. The molecule has 0 unspecified atom stereocenters. The van der Waals surface area contributed by atoms with Crippen LogP contribution < -0.4 is 0 Å². The summed E-state index contributed by atoms with van der Waals surface area (Å²) in [5, 5.41) is 8.32. The van der Waals surface area contributed by atoms with Crippen molar-refractivity contribution in [2.75, 3.05) is 0 Å². The number of ketones is 1. The number of nitrogens with zero attached hydrogens (tertiary/aromatic N) is 3. The van der Waals surface area contributed by atoms with E-state index in [4.69, 9.17) is 0 Å². The van der Waals surface area contributed by atoms with Crippen LogP contribution in [0.4, 0.5) is 0 Å². The number of carbonyl (C=O) groups is 1. The van der Waals surface area contributed by atoms with Gasteiger partial charge in [0.1, 0.15) is 11.0 Å². The summed E-state index contributed by atoms with van der Waals surface area (Å²) in [7, 11) is 1.77. The average molecular weight is 189 g/mol. The van der Waals surface area contributed by atoms with Gasteiger partial charge >= 0.3 is 0 Å². The summed E-state index contributed by atoms with van der Waals surface area (Å²) in [4.78, 5) is 12.8. The summed E-state index contributed by atoms with van der Waals surface area (Å²) >= 11 is 0. The van der Waals surface area contributed by atoms with Gasteiger partial charge in [-0.2, -0.15) is 15.0 Å². The van der Waals surface area contributed by atoms with E-state index in [2.05, 4.69) is 10.2 Å². The van der Waals surface area contributed by atoms with Gasteiger partial charge in [0, 0.05) is 12.6 Å². The predicted molar refractivity (Wildman–Crippen MR) is 53.3 cm³/mol. The van der Waals surface area contributed by atoms with Crippen LogP contribution in [0.25, 0.3) is 11.0 Å². The van der Waals surface area contributed by atoms with Crippen LogP contribution in [-0.4, -0.2) is 20.8 Å². The van der Waals surface area contributed by atoms with Gasteiger partial charge in [-0.25, -0.2) is 0 Å². The van der Waals surface area contributed by atoms with Gasteiger partial charge in [0.2, 0.25) is 0 Å².